The topological polar surface area (TPSA) is 125 Å². The van der Waals surface area contributed by atoms with E-state index in [4.69, 9.17) is 10.8 Å². The molecule has 0 aliphatic carbocycles. The van der Waals surface area contributed by atoms with E-state index in [1.54, 1.807) is 0 Å². The Kier molecular flexibility index (Phi) is 2.69. The van der Waals surface area contributed by atoms with Gasteiger partial charge in [-0.2, -0.15) is 4.98 Å². The van der Waals surface area contributed by atoms with E-state index in [9.17, 15) is 9.59 Å². The molecule has 16 heavy (non-hydrogen) atoms. The molecule has 0 spiro atoms. The number of H-pyrrole nitrogens is 1. The van der Waals surface area contributed by atoms with Crippen molar-refractivity contribution in [3.05, 3.63) is 5.82 Å². The summed E-state index contributed by atoms with van der Waals surface area (Å²) in [5.74, 6) is -0.887. The van der Waals surface area contributed by atoms with Crippen molar-refractivity contribution >= 4 is 29.6 Å². The Labute approximate surface area is 94.2 Å². The van der Waals surface area contributed by atoms with Gasteiger partial charge in [0.25, 0.3) is 5.91 Å². The first kappa shape index (κ1) is 10.7. The number of hydrogen-bond donors (Lipinski definition) is 3. The second kappa shape index (κ2) is 4.00. The van der Waals surface area contributed by atoms with Crippen LogP contribution >= 0.6 is 11.8 Å². The van der Waals surface area contributed by atoms with Gasteiger partial charge in [0, 0.05) is 5.75 Å². The first-order valence-corrected chi connectivity index (χ1v) is 5.54. The Morgan fingerprint density at radius 3 is 2.94 bits per heavy atom. The molecule has 1 aromatic rings. The van der Waals surface area contributed by atoms with Gasteiger partial charge in [0.05, 0.1) is 5.88 Å². The zero-order valence-electron chi connectivity index (χ0n) is 8.08. The number of nitrogens with one attached hydrogen (secondary N) is 1. The van der Waals surface area contributed by atoms with Gasteiger partial charge < -0.3 is 15.7 Å². The van der Waals surface area contributed by atoms with Gasteiger partial charge in [-0.25, -0.2) is 4.79 Å². The lowest BCUT2D eigenvalue weighted by Crippen LogP contribution is -2.42. The van der Waals surface area contributed by atoms with Crippen LogP contribution in [0.15, 0.2) is 0 Å². The largest absolute Gasteiger partial charge is 0.480 e. The molecule has 1 saturated heterocycles. The third kappa shape index (κ3) is 1.81. The van der Waals surface area contributed by atoms with Gasteiger partial charge in [0.2, 0.25) is 11.8 Å². The van der Waals surface area contributed by atoms with Crippen molar-refractivity contribution in [3.63, 3.8) is 0 Å². The first-order valence-electron chi connectivity index (χ1n) is 4.39. The van der Waals surface area contributed by atoms with Crippen LogP contribution in [0.5, 0.6) is 0 Å². The highest BCUT2D eigenvalue weighted by atomic mass is 32.2. The summed E-state index contributed by atoms with van der Waals surface area (Å²) in [4.78, 5) is 27.6. The number of thioether (sulfide) groups is 1. The molecular formula is C7H9N5O3S. The van der Waals surface area contributed by atoms with E-state index < -0.39 is 17.9 Å². The molecule has 0 saturated carbocycles. The van der Waals surface area contributed by atoms with Crippen LogP contribution in [0.2, 0.25) is 0 Å². The fourth-order valence-electron chi connectivity index (χ4n) is 1.35. The Morgan fingerprint density at radius 2 is 2.38 bits per heavy atom. The molecule has 0 unspecified atom stereocenters. The second-order valence-corrected chi connectivity index (χ2v) is 4.17. The van der Waals surface area contributed by atoms with Crippen LogP contribution < -0.4 is 5.73 Å². The number of nitrogens with zero attached hydrogens (tertiary/aromatic N) is 3. The maximum atomic E-state index is 11.8. The van der Waals surface area contributed by atoms with Crippen LogP contribution in [0, 0.1) is 0 Å². The van der Waals surface area contributed by atoms with Gasteiger partial charge in [0.15, 0.2) is 0 Å². The number of hydrogen-bond acceptors (Lipinski definition) is 6. The highest BCUT2D eigenvalue weighted by Gasteiger charge is 2.36. The van der Waals surface area contributed by atoms with Crippen LogP contribution in [0.1, 0.15) is 10.6 Å². The summed E-state index contributed by atoms with van der Waals surface area (Å²) in [6.45, 7) is 0. The van der Waals surface area contributed by atoms with Crippen LogP contribution in [0.25, 0.3) is 0 Å². The predicted octanol–water partition coefficient (Wildman–Crippen LogP) is -1.01. The molecule has 1 aromatic heterocycles. The number of anilines is 1. The van der Waals surface area contributed by atoms with E-state index in [-0.39, 0.29) is 11.8 Å². The molecule has 1 amide bonds. The van der Waals surface area contributed by atoms with Gasteiger partial charge in [-0.15, -0.1) is 16.9 Å². The Morgan fingerprint density at radius 1 is 1.62 bits per heavy atom. The van der Waals surface area contributed by atoms with Gasteiger partial charge in [-0.3, -0.25) is 9.89 Å². The van der Waals surface area contributed by atoms with Gasteiger partial charge in [-0.05, 0) is 0 Å². The maximum absolute atomic E-state index is 11.8. The van der Waals surface area contributed by atoms with Crippen LogP contribution in [-0.2, 0) is 4.79 Å². The number of carboxylic acid groups (broad SMARTS) is 1. The molecule has 1 atom stereocenters. The molecule has 4 N–H and O–H groups in total. The van der Waals surface area contributed by atoms with Crippen molar-refractivity contribution in [1.29, 1.82) is 0 Å². The molecule has 0 bridgehead atoms. The number of rotatable bonds is 2. The van der Waals surface area contributed by atoms with Crippen molar-refractivity contribution in [3.8, 4) is 0 Å². The van der Waals surface area contributed by atoms with Gasteiger partial charge in [0.1, 0.15) is 6.04 Å². The number of carboxylic acids is 1. The lowest BCUT2D eigenvalue weighted by molar-refractivity contribution is -0.140. The molecule has 0 radical (unpaired) electrons. The third-order valence-electron chi connectivity index (χ3n) is 2.13. The van der Waals surface area contributed by atoms with E-state index in [0.29, 0.717) is 11.6 Å². The van der Waals surface area contributed by atoms with Crippen LogP contribution in [-0.4, -0.2) is 54.7 Å². The van der Waals surface area contributed by atoms with Crippen molar-refractivity contribution in [2.75, 3.05) is 17.4 Å². The van der Waals surface area contributed by atoms with Crippen molar-refractivity contribution in [2.24, 2.45) is 0 Å². The number of carbonyl (C=O) groups excluding carboxylic acids is 1. The summed E-state index contributed by atoms with van der Waals surface area (Å²) < 4.78 is 0. The van der Waals surface area contributed by atoms with E-state index in [1.807, 2.05) is 0 Å². The zero-order chi connectivity index (χ0) is 11.7. The molecule has 1 fully saturated rings. The number of aliphatic carboxylic acids is 1. The summed E-state index contributed by atoms with van der Waals surface area (Å²) in [5.41, 5.74) is 5.26. The van der Waals surface area contributed by atoms with Crippen molar-refractivity contribution < 1.29 is 14.7 Å². The number of amides is 1. The quantitative estimate of drug-likeness (QED) is 0.607. The maximum Gasteiger partial charge on any atom is 0.327 e. The summed E-state index contributed by atoms with van der Waals surface area (Å²) in [5, 5.41) is 14.8. The highest BCUT2D eigenvalue weighted by molar-refractivity contribution is 7.99. The van der Waals surface area contributed by atoms with Crippen LogP contribution in [0.4, 0.5) is 5.95 Å². The fourth-order valence-corrected chi connectivity index (χ4v) is 2.50. The predicted molar refractivity (Wildman–Crippen MR) is 55.7 cm³/mol. The SMILES string of the molecule is Nc1n[nH]c(C(=O)N2CSC[C@H]2C(=O)O)n1. The first-order chi connectivity index (χ1) is 7.59. The number of nitrogen functional groups attached to an aromatic ring is 1. The Balaban J connectivity index is 2.18. The lowest BCUT2D eigenvalue weighted by atomic mass is 10.3. The monoisotopic (exact) mass is 243 g/mol. The molecule has 0 aromatic carbocycles. The average molecular weight is 243 g/mol. The molecule has 9 heteroatoms. The molecule has 2 rings (SSSR count). The Bertz CT molecular complexity index is 433. The summed E-state index contributed by atoms with van der Waals surface area (Å²) >= 11 is 1.38. The second-order valence-electron chi connectivity index (χ2n) is 3.17. The zero-order valence-corrected chi connectivity index (χ0v) is 8.90. The molecule has 8 nitrogen and oxygen atoms in total. The standard InChI is InChI=1S/C7H9N5O3S/c8-7-9-4(10-11-7)5(13)12-2-16-1-3(12)6(14)15/h3H,1-2H2,(H,14,15)(H3,8,9,10,11)/t3-/m0/s1. The molecule has 2 heterocycles. The van der Waals surface area contributed by atoms with E-state index >= 15 is 0 Å². The number of nitrogens with two attached hydrogens (primary N) is 1. The lowest BCUT2D eigenvalue weighted by Gasteiger charge is -2.18. The Hall–Kier alpha value is -1.77. The normalized spacial score (nSPS) is 20.0. The number of aromatic amines is 1. The smallest absolute Gasteiger partial charge is 0.327 e. The summed E-state index contributed by atoms with van der Waals surface area (Å²) in [6.07, 6.45) is 0. The summed E-state index contributed by atoms with van der Waals surface area (Å²) in [6, 6.07) is -0.816. The minimum absolute atomic E-state index is 0.0359. The summed E-state index contributed by atoms with van der Waals surface area (Å²) in [7, 11) is 0. The molecular weight excluding hydrogens is 234 g/mol. The third-order valence-corrected chi connectivity index (χ3v) is 3.15. The number of aromatic nitrogens is 3. The van der Waals surface area contributed by atoms with Crippen molar-refractivity contribution in [1.82, 2.24) is 20.1 Å². The molecule has 1 aliphatic heterocycles. The fraction of sp³-hybridized carbons (Fsp3) is 0.429. The van der Waals surface area contributed by atoms with Gasteiger partial charge >= 0.3 is 5.97 Å². The minimum atomic E-state index is -1.02. The highest BCUT2D eigenvalue weighted by Crippen LogP contribution is 2.22. The van der Waals surface area contributed by atoms with Crippen molar-refractivity contribution in [2.45, 2.75) is 6.04 Å². The van der Waals surface area contributed by atoms with E-state index in [2.05, 4.69) is 15.2 Å². The molecule has 1 aliphatic rings. The van der Waals surface area contributed by atoms with E-state index in [1.165, 1.54) is 16.7 Å². The molecule has 86 valence electrons. The van der Waals surface area contributed by atoms with Crippen LogP contribution in [0.3, 0.4) is 0 Å². The van der Waals surface area contributed by atoms with E-state index in [0.717, 1.165) is 0 Å². The average Bonchev–Trinajstić information content (AvgIpc) is 2.84. The number of carbonyl (C=O) groups is 2. The van der Waals surface area contributed by atoms with Gasteiger partial charge in [-0.1, -0.05) is 0 Å². The minimum Gasteiger partial charge on any atom is -0.480 e.